The van der Waals surface area contributed by atoms with Crippen LogP contribution >= 0.6 is 11.5 Å². The fourth-order valence-corrected chi connectivity index (χ4v) is 2.18. The molecular formula is C10H16N4O2S. The van der Waals surface area contributed by atoms with E-state index in [0.29, 0.717) is 18.2 Å². The molecular weight excluding hydrogens is 240 g/mol. The lowest BCUT2D eigenvalue weighted by atomic mass is 10.3. The molecule has 94 valence electrons. The summed E-state index contributed by atoms with van der Waals surface area (Å²) in [5.74, 6) is 0.386. The summed E-state index contributed by atoms with van der Waals surface area (Å²) in [5.41, 5.74) is 11.0. The first kappa shape index (κ1) is 12.1. The number of rotatable bonds is 7. The van der Waals surface area contributed by atoms with Gasteiger partial charge < -0.3 is 21.5 Å². The van der Waals surface area contributed by atoms with Crippen molar-refractivity contribution in [2.75, 3.05) is 30.8 Å². The second-order valence-corrected chi connectivity index (χ2v) is 4.85. The Hall–Kier alpha value is -1.34. The Morgan fingerprint density at radius 2 is 2.35 bits per heavy atom. The maximum atomic E-state index is 11.1. The molecule has 0 bridgehead atoms. The molecule has 0 spiro atoms. The summed E-state index contributed by atoms with van der Waals surface area (Å²) in [6.45, 7) is 2.05. The van der Waals surface area contributed by atoms with Crippen LogP contribution in [0.2, 0.25) is 0 Å². The van der Waals surface area contributed by atoms with E-state index >= 15 is 0 Å². The lowest BCUT2D eigenvalue weighted by Crippen LogP contribution is -2.16. The van der Waals surface area contributed by atoms with Crippen LogP contribution in [0.4, 0.5) is 10.8 Å². The van der Waals surface area contributed by atoms with E-state index in [0.717, 1.165) is 24.1 Å². The Bertz CT molecular complexity index is 403. The highest BCUT2D eigenvalue weighted by molar-refractivity contribution is 7.11. The van der Waals surface area contributed by atoms with E-state index in [1.165, 1.54) is 12.8 Å². The number of carbonyl (C=O) groups excluding carboxylic acids is 1. The van der Waals surface area contributed by atoms with Crippen molar-refractivity contribution in [3.63, 3.8) is 0 Å². The van der Waals surface area contributed by atoms with Crippen LogP contribution in [0.1, 0.15) is 23.2 Å². The van der Waals surface area contributed by atoms with Gasteiger partial charge in [-0.25, -0.2) is 0 Å². The van der Waals surface area contributed by atoms with Crippen molar-refractivity contribution in [1.82, 2.24) is 4.37 Å². The van der Waals surface area contributed by atoms with E-state index in [2.05, 4.69) is 9.69 Å². The zero-order valence-corrected chi connectivity index (χ0v) is 10.3. The Kier molecular flexibility index (Phi) is 3.80. The number of anilines is 2. The first-order chi connectivity index (χ1) is 8.18. The van der Waals surface area contributed by atoms with E-state index in [4.69, 9.17) is 16.2 Å². The lowest BCUT2D eigenvalue weighted by Gasteiger charge is -2.05. The number of aromatic nitrogens is 1. The number of nitrogens with zero attached hydrogens (tertiary/aromatic N) is 1. The Labute approximate surface area is 103 Å². The summed E-state index contributed by atoms with van der Waals surface area (Å²) in [5, 5.41) is 3.68. The Morgan fingerprint density at radius 1 is 1.59 bits per heavy atom. The molecule has 0 atom stereocenters. The van der Waals surface area contributed by atoms with Crippen LogP contribution in [0.15, 0.2) is 0 Å². The highest BCUT2D eigenvalue weighted by Crippen LogP contribution is 2.29. The fourth-order valence-electron chi connectivity index (χ4n) is 1.43. The summed E-state index contributed by atoms with van der Waals surface area (Å²) in [6, 6.07) is 0. The minimum Gasteiger partial charge on any atom is -0.382 e. The number of amides is 1. The molecule has 1 heterocycles. The van der Waals surface area contributed by atoms with E-state index in [-0.39, 0.29) is 11.4 Å². The third kappa shape index (κ3) is 3.31. The van der Waals surface area contributed by atoms with E-state index < -0.39 is 5.91 Å². The normalized spacial score (nSPS) is 14.8. The molecule has 6 nitrogen and oxygen atoms in total. The molecule has 0 aromatic carbocycles. The van der Waals surface area contributed by atoms with Gasteiger partial charge in [-0.15, -0.1) is 0 Å². The molecule has 1 saturated carbocycles. The first-order valence-electron chi connectivity index (χ1n) is 5.55. The van der Waals surface area contributed by atoms with Crippen LogP contribution in [0.5, 0.6) is 0 Å². The average molecular weight is 256 g/mol. The third-order valence-corrected chi connectivity index (χ3v) is 3.37. The summed E-state index contributed by atoms with van der Waals surface area (Å²) in [7, 11) is 0. The van der Waals surface area contributed by atoms with E-state index in [1.807, 2.05) is 0 Å². The van der Waals surface area contributed by atoms with Gasteiger partial charge in [0.2, 0.25) is 0 Å². The van der Waals surface area contributed by atoms with Gasteiger partial charge in [0, 0.05) is 13.2 Å². The Morgan fingerprint density at radius 3 is 3.00 bits per heavy atom. The number of nitrogens with one attached hydrogen (secondary N) is 1. The number of hydrogen-bond donors (Lipinski definition) is 3. The van der Waals surface area contributed by atoms with Gasteiger partial charge >= 0.3 is 0 Å². The van der Waals surface area contributed by atoms with Gasteiger partial charge in [-0.3, -0.25) is 4.79 Å². The van der Waals surface area contributed by atoms with Crippen LogP contribution in [-0.4, -0.2) is 30.0 Å². The predicted molar refractivity (Wildman–Crippen MR) is 67.1 cm³/mol. The fraction of sp³-hybridized carbons (Fsp3) is 0.600. The standard InChI is InChI=1S/C10H16N4O2S/c11-8-7(9(12)15)10(17-14-8)13-3-4-16-5-6-1-2-6/h6,13H,1-5H2,(H2,11,14)(H2,12,15). The van der Waals surface area contributed by atoms with Gasteiger partial charge in [0.15, 0.2) is 5.82 Å². The largest absolute Gasteiger partial charge is 0.382 e. The minimum absolute atomic E-state index is 0.184. The molecule has 7 heteroatoms. The average Bonchev–Trinajstić information content (AvgIpc) is 3.01. The quantitative estimate of drug-likeness (QED) is 0.622. The van der Waals surface area contributed by atoms with Crippen LogP contribution in [0.3, 0.4) is 0 Å². The maximum Gasteiger partial charge on any atom is 0.255 e. The summed E-state index contributed by atoms with van der Waals surface area (Å²) in [4.78, 5) is 11.1. The van der Waals surface area contributed by atoms with E-state index in [9.17, 15) is 4.79 Å². The van der Waals surface area contributed by atoms with Gasteiger partial charge in [-0.2, -0.15) is 4.37 Å². The first-order valence-corrected chi connectivity index (χ1v) is 6.32. The Balaban J connectivity index is 1.75. The van der Waals surface area contributed by atoms with Crippen LogP contribution in [0.25, 0.3) is 0 Å². The number of nitrogen functional groups attached to an aromatic ring is 1. The molecule has 0 saturated heterocycles. The summed E-state index contributed by atoms with van der Waals surface area (Å²) in [6.07, 6.45) is 2.56. The minimum atomic E-state index is -0.558. The van der Waals surface area contributed by atoms with E-state index in [1.54, 1.807) is 0 Å². The van der Waals surface area contributed by atoms with Gasteiger partial charge in [0.1, 0.15) is 10.6 Å². The van der Waals surface area contributed by atoms with Crippen LogP contribution in [0, 0.1) is 5.92 Å². The molecule has 0 aliphatic heterocycles. The number of primary amides is 1. The van der Waals surface area contributed by atoms with Gasteiger partial charge in [-0.05, 0) is 30.3 Å². The third-order valence-electron chi connectivity index (χ3n) is 2.55. The molecule has 1 amide bonds. The number of ether oxygens (including phenoxy) is 1. The summed E-state index contributed by atoms with van der Waals surface area (Å²) < 4.78 is 9.35. The van der Waals surface area contributed by atoms with Crippen molar-refractivity contribution in [1.29, 1.82) is 0 Å². The molecule has 1 aliphatic rings. The topological polar surface area (TPSA) is 103 Å². The molecule has 1 aliphatic carbocycles. The zero-order valence-electron chi connectivity index (χ0n) is 9.44. The number of carbonyl (C=O) groups is 1. The zero-order chi connectivity index (χ0) is 12.3. The molecule has 17 heavy (non-hydrogen) atoms. The van der Waals surface area contributed by atoms with Crippen molar-refractivity contribution < 1.29 is 9.53 Å². The second-order valence-electron chi connectivity index (χ2n) is 4.08. The lowest BCUT2D eigenvalue weighted by molar-refractivity contribution is 0.100. The van der Waals surface area contributed by atoms with Crippen molar-refractivity contribution in [3.05, 3.63) is 5.56 Å². The molecule has 2 rings (SSSR count). The SMILES string of the molecule is NC(=O)c1c(N)nsc1NCCOCC1CC1. The van der Waals surface area contributed by atoms with Crippen molar-refractivity contribution in [2.24, 2.45) is 11.7 Å². The predicted octanol–water partition coefficient (Wildman–Crippen LogP) is 0.663. The highest BCUT2D eigenvalue weighted by atomic mass is 32.1. The van der Waals surface area contributed by atoms with Crippen LogP contribution in [-0.2, 0) is 4.74 Å². The summed E-state index contributed by atoms with van der Waals surface area (Å²) >= 11 is 1.14. The molecule has 1 fully saturated rings. The smallest absolute Gasteiger partial charge is 0.255 e. The maximum absolute atomic E-state index is 11.1. The molecule has 0 radical (unpaired) electrons. The molecule has 5 N–H and O–H groups in total. The van der Waals surface area contributed by atoms with Gasteiger partial charge in [-0.1, -0.05) is 0 Å². The molecule has 1 aromatic rings. The van der Waals surface area contributed by atoms with Crippen LogP contribution < -0.4 is 16.8 Å². The van der Waals surface area contributed by atoms with Gasteiger partial charge in [0.05, 0.1) is 6.61 Å². The van der Waals surface area contributed by atoms with Crippen molar-refractivity contribution in [2.45, 2.75) is 12.8 Å². The monoisotopic (exact) mass is 256 g/mol. The second kappa shape index (κ2) is 5.33. The molecule has 0 unspecified atom stereocenters. The molecule has 1 aromatic heterocycles. The number of hydrogen-bond acceptors (Lipinski definition) is 6. The van der Waals surface area contributed by atoms with Gasteiger partial charge in [0.25, 0.3) is 5.91 Å². The van der Waals surface area contributed by atoms with Crippen molar-refractivity contribution in [3.8, 4) is 0 Å². The van der Waals surface area contributed by atoms with Crippen molar-refractivity contribution >= 4 is 28.3 Å². The highest BCUT2D eigenvalue weighted by Gasteiger charge is 2.21. The number of nitrogens with two attached hydrogens (primary N) is 2.